The monoisotopic (exact) mass is 297 g/mol. The average molecular weight is 297 g/mol. The molecule has 6 nitrogen and oxygen atoms in total. The lowest BCUT2D eigenvalue weighted by Crippen LogP contribution is -2.47. The molecule has 0 spiro atoms. The molecule has 2 amide bonds. The van der Waals surface area contributed by atoms with Gasteiger partial charge in [-0.1, -0.05) is 6.92 Å². The van der Waals surface area contributed by atoms with Gasteiger partial charge < -0.3 is 19.9 Å². The van der Waals surface area contributed by atoms with Crippen molar-refractivity contribution < 1.29 is 14.3 Å². The Kier molecular flexibility index (Phi) is 5.99. The summed E-state index contributed by atoms with van der Waals surface area (Å²) < 4.78 is 5.49. The Labute approximate surface area is 126 Å². The maximum Gasteiger partial charge on any atom is 0.229 e. The molecule has 0 aliphatic carbocycles. The summed E-state index contributed by atoms with van der Waals surface area (Å²) in [6, 6.07) is 0.129. The van der Waals surface area contributed by atoms with Gasteiger partial charge in [-0.15, -0.1) is 0 Å². The van der Waals surface area contributed by atoms with Crippen LogP contribution in [-0.4, -0.2) is 73.6 Å². The second-order valence-corrected chi connectivity index (χ2v) is 5.89. The fraction of sp³-hybridized carbons (Fsp3) is 0.867. The number of hydrogen-bond acceptors (Lipinski definition) is 4. The van der Waals surface area contributed by atoms with E-state index in [-0.39, 0.29) is 23.8 Å². The minimum Gasteiger partial charge on any atom is -0.379 e. The summed E-state index contributed by atoms with van der Waals surface area (Å²) in [4.78, 5) is 27.9. The van der Waals surface area contributed by atoms with Gasteiger partial charge in [0.25, 0.3) is 0 Å². The fourth-order valence-electron chi connectivity index (χ4n) is 3.02. The van der Waals surface area contributed by atoms with Crippen molar-refractivity contribution in [2.24, 2.45) is 5.92 Å². The SMILES string of the molecule is CCCNC1COCC1C(=O)N1CCCN(C(C)=O)CC1. The molecule has 0 aromatic carbocycles. The zero-order valence-electron chi connectivity index (χ0n) is 13.1. The average Bonchev–Trinajstić information content (AvgIpc) is 2.78. The molecule has 0 bridgehead atoms. The molecule has 2 atom stereocenters. The van der Waals surface area contributed by atoms with Crippen LogP contribution in [0.25, 0.3) is 0 Å². The summed E-state index contributed by atoms with van der Waals surface area (Å²) in [6.07, 6.45) is 1.90. The van der Waals surface area contributed by atoms with Crippen LogP contribution in [0, 0.1) is 5.92 Å². The molecule has 2 aliphatic heterocycles. The van der Waals surface area contributed by atoms with E-state index >= 15 is 0 Å². The first-order chi connectivity index (χ1) is 10.1. The molecule has 21 heavy (non-hydrogen) atoms. The molecular formula is C15H27N3O3. The second kappa shape index (κ2) is 7.75. The van der Waals surface area contributed by atoms with Crippen molar-refractivity contribution in [2.75, 3.05) is 45.9 Å². The number of carbonyl (C=O) groups is 2. The van der Waals surface area contributed by atoms with Crippen LogP contribution >= 0.6 is 0 Å². The maximum absolute atomic E-state index is 12.7. The van der Waals surface area contributed by atoms with Crippen LogP contribution in [0.5, 0.6) is 0 Å². The van der Waals surface area contributed by atoms with Gasteiger partial charge in [0.05, 0.1) is 19.1 Å². The molecule has 2 fully saturated rings. The van der Waals surface area contributed by atoms with E-state index in [4.69, 9.17) is 4.74 Å². The first-order valence-electron chi connectivity index (χ1n) is 7.99. The highest BCUT2D eigenvalue weighted by Crippen LogP contribution is 2.18. The van der Waals surface area contributed by atoms with Crippen LogP contribution in [0.1, 0.15) is 26.7 Å². The van der Waals surface area contributed by atoms with Gasteiger partial charge in [-0.25, -0.2) is 0 Å². The largest absolute Gasteiger partial charge is 0.379 e. The van der Waals surface area contributed by atoms with Crippen molar-refractivity contribution >= 4 is 11.8 Å². The van der Waals surface area contributed by atoms with E-state index in [1.54, 1.807) is 6.92 Å². The molecule has 2 unspecified atom stereocenters. The molecule has 0 aromatic rings. The third-order valence-corrected chi connectivity index (χ3v) is 4.31. The Morgan fingerprint density at radius 2 is 1.86 bits per heavy atom. The van der Waals surface area contributed by atoms with E-state index in [1.165, 1.54) is 0 Å². The predicted molar refractivity (Wildman–Crippen MR) is 79.8 cm³/mol. The van der Waals surface area contributed by atoms with Gasteiger partial charge >= 0.3 is 0 Å². The Morgan fingerprint density at radius 3 is 2.57 bits per heavy atom. The lowest BCUT2D eigenvalue weighted by Gasteiger charge is -2.26. The highest BCUT2D eigenvalue weighted by Gasteiger charge is 2.36. The van der Waals surface area contributed by atoms with Gasteiger partial charge in [-0.3, -0.25) is 9.59 Å². The first kappa shape index (κ1) is 16.2. The minimum absolute atomic E-state index is 0.0829. The van der Waals surface area contributed by atoms with Crippen LogP contribution in [0.15, 0.2) is 0 Å². The van der Waals surface area contributed by atoms with Gasteiger partial charge in [0.1, 0.15) is 0 Å². The predicted octanol–water partition coefficient (Wildman–Crippen LogP) is 0.0818. The van der Waals surface area contributed by atoms with Gasteiger partial charge in [-0.2, -0.15) is 0 Å². The second-order valence-electron chi connectivity index (χ2n) is 5.89. The summed E-state index contributed by atoms with van der Waals surface area (Å²) in [5.74, 6) is 0.183. The van der Waals surface area contributed by atoms with Gasteiger partial charge in [-0.05, 0) is 19.4 Å². The van der Waals surface area contributed by atoms with Crippen LogP contribution in [0.3, 0.4) is 0 Å². The number of hydrogen-bond donors (Lipinski definition) is 1. The van der Waals surface area contributed by atoms with Crippen molar-refractivity contribution in [1.82, 2.24) is 15.1 Å². The molecule has 2 saturated heterocycles. The highest BCUT2D eigenvalue weighted by atomic mass is 16.5. The number of nitrogens with one attached hydrogen (secondary N) is 1. The van der Waals surface area contributed by atoms with E-state index < -0.39 is 0 Å². The Balaban J connectivity index is 1.91. The van der Waals surface area contributed by atoms with E-state index in [0.29, 0.717) is 26.3 Å². The van der Waals surface area contributed by atoms with Crippen LogP contribution in [-0.2, 0) is 14.3 Å². The van der Waals surface area contributed by atoms with Gasteiger partial charge in [0.15, 0.2) is 0 Å². The topological polar surface area (TPSA) is 61.9 Å². The smallest absolute Gasteiger partial charge is 0.229 e. The quantitative estimate of drug-likeness (QED) is 0.798. The van der Waals surface area contributed by atoms with E-state index in [1.807, 2.05) is 9.80 Å². The zero-order chi connectivity index (χ0) is 15.2. The molecule has 2 rings (SSSR count). The molecule has 0 saturated carbocycles. The van der Waals surface area contributed by atoms with E-state index in [0.717, 1.165) is 32.5 Å². The maximum atomic E-state index is 12.7. The standard InChI is InChI=1S/C15H27N3O3/c1-3-5-16-14-11-21-10-13(14)15(20)18-7-4-6-17(8-9-18)12(2)19/h13-14,16H,3-11H2,1-2H3. The highest BCUT2D eigenvalue weighted by molar-refractivity contribution is 5.80. The minimum atomic E-state index is -0.0829. The van der Waals surface area contributed by atoms with Crippen LogP contribution in [0.2, 0.25) is 0 Å². The van der Waals surface area contributed by atoms with Gasteiger partial charge in [0, 0.05) is 39.1 Å². The lowest BCUT2D eigenvalue weighted by atomic mass is 10.0. The van der Waals surface area contributed by atoms with Crippen molar-refractivity contribution in [1.29, 1.82) is 0 Å². The summed E-state index contributed by atoms with van der Waals surface area (Å²) in [6.45, 7) is 8.50. The summed E-state index contributed by atoms with van der Waals surface area (Å²) in [7, 11) is 0. The molecule has 0 radical (unpaired) electrons. The number of amides is 2. The fourth-order valence-corrected chi connectivity index (χ4v) is 3.02. The summed E-state index contributed by atoms with van der Waals surface area (Å²) in [5, 5.41) is 3.41. The Bertz CT molecular complexity index is 375. The molecule has 2 heterocycles. The third kappa shape index (κ3) is 4.17. The van der Waals surface area contributed by atoms with E-state index in [2.05, 4.69) is 12.2 Å². The molecule has 0 aromatic heterocycles. The van der Waals surface area contributed by atoms with Crippen LogP contribution in [0.4, 0.5) is 0 Å². The number of carbonyl (C=O) groups excluding carboxylic acids is 2. The third-order valence-electron chi connectivity index (χ3n) is 4.31. The lowest BCUT2D eigenvalue weighted by molar-refractivity contribution is -0.136. The normalized spacial score (nSPS) is 26.8. The molecular weight excluding hydrogens is 270 g/mol. The number of ether oxygens (including phenoxy) is 1. The Hall–Kier alpha value is -1.14. The summed E-state index contributed by atoms with van der Waals surface area (Å²) >= 11 is 0. The van der Waals surface area contributed by atoms with Crippen molar-refractivity contribution in [3.63, 3.8) is 0 Å². The summed E-state index contributed by atoms with van der Waals surface area (Å²) in [5.41, 5.74) is 0. The number of rotatable bonds is 4. The molecule has 6 heteroatoms. The van der Waals surface area contributed by atoms with Gasteiger partial charge in [0.2, 0.25) is 11.8 Å². The van der Waals surface area contributed by atoms with Crippen molar-refractivity contribution in [2.45, 2.75) is 32.7 Å². The molecule has 2 aliphatic rings. The van der Waals surface area contributed by atoms with Crippen LogP contribution < -0.4 is 5.32 Å². The van der Waals surface area contributed by atoms with E-state index in [9.17, 15) is 9.59 Å². The number of nitrogens with zero attached hydrogens (tertiary/aromatic N) is 2. The van der Waals surface area contributed by atoms with Crippen molar-refractivity contribution in [3.05, 3.63) is 0 Å². The Morgan fingerprint density at radius 1 is 1.14 bits per heavy atom. The first-order valence-corrected chi connectivity index (χ1v) is 7.99. The van der Waals surface area contributed by atoms with Crippen molar-refractivity contribution in [3.8, 4) is 0 Å². The molecule has 120 valence electrons. The zero-order valence-corrected chi connectivity index (χ0v) is 13.1. The molecule has 1 N–H and O–H groups in total.